The Morgan fingerprint density at radius 3 is 2.16 bits per heavy atom. The number of carbonyl (C=O) groups is 7. The van der Waals surface area contributed by atoms with Gasteiger partial charge in [-0.25, -0.2) is 4.79 Å². The number of phenols is 1. The van der Waals surface area contributed by atoms with E-state index in [1.165, 1.54) is 58.1 Å². The number of ketones is 4. The molecule has 0 fully saturated rings. The van der Waals surface area contributed by atoms with Gasteiger partial charge in [0.15, 0.2) is 11.6 Å². The highest BCUT2D eigenvalue weighted by Gasteiger charge is 2.40. The molecule has 1 aromatic carbocycles. The number of hydrogen-bond donors (Lipinski definition) is 6. The molecular formula is C46H56N2O12S. The maximum Gasteiger partial charge on any atom is 0.329 e. The number of methoxy groups -OCH3 is 1. The van der Waals surface area contributed by atoms with Gasteiger partial charge in [-0.05, 0) is 56.9 Å². The molecule has 3 aliphatic rings. The molecule has 0 radical (unpaired) electrons. The van der Waals surface area contributed by atoms with Crippen LogP contribution in [-0.2, 0) is 23.9 Å². The average Bonchev–Trinajstić information content (AvgIpc) is 3.21. The first-order valence-electron chi connectivity index (χ1n) is 19.8. The van der Waals surface area contributed by atoms with E-state index < -0.39 is 99.8 Å². The van der Waals surface area contributed by atoms with Gasteiger partial charge in [-0.1, -0.05) is 75.5 Å². The van der Waals surface area contributed by atoms with E-state index in [4.69, 9.17) is 4.74 Å². The summed E-state index contributed by atoms with van der Waals surface area (Å²) in [6, 6.07) is -0.0499. The van der Waals surface area contributed by atoms with Crippen molar-refractivity contribution in [3.05, 3.63) is 110 Å². The van der Waals surface area contributed by atoms with Crippen LogP contribution >= 0.6 is 11.8 Å². The summed E-state index contributed by atoms with van der Waals surface area (Å²) < 4.78 is 4.81. The molecule has 7 atom stereocenters. The molecule has 0 spiro atoms. The van der Waals surface area contributed by atoms with Crippen LogP contribution in [0.4, 0.5) is 0 Å². The largest absolute Gasteiger partial charge is 0.507 e. The number of amides is 2. The Hall–Kier alpha value is -5.48. The van der Waals surface area contributed by atoms with E-state index in [0.29, 0.717) is 17.3 Å². The lowest BCUT2D eigenvalue weighted by molar-refractivity contribution is -0.144. The molecule has 15 heteroatoms. The Morgan fingerprint density at radius 1 is 0.852 bits per heavy atom. The normalized spacial score (nSPS) is 28.7. The summed E-state index contributed by atoms with van der Waals surface area (Å²) in [5, 5.41) is 48.8. The number of fused-ring (bicyclic) bond motifs is 18. The summed E-state index contributed by atoms with van der Waals surface area (Å²) in [4.78, 5) is 93.8. The zero-order chi connectivity index (χ0) is 45.9. The highest BCUT2D eigenvalue weighted by atomic mass is 32.2. The monoisotopic (exact) mass is 860 g/mol. The lowest BCUT2D eigenvalue weighted by Gasteiger charge is -2.25. The van der Waals surface area contributed by atoms with Gasteiger partial charge in [0.25, 0.3) is 5.91 Å². The molecule has 0 unspecified atom stereocenters. The van der Waals surface area contributed by atoms with Crippen molar-refractivity contribution in [2.75, 3.05) is 12.9 Å². The van der Waals surface area contributed by atoms with Crippen LogP contribution in [0.3, 0.4) is 0 Å². The lowest BCUT2D eigenvalue weighted by Crippen LogP contribution is -2.42. The number of rotatable bonds is 5. The maximum absolute atomic E-state index is 14.6. The molecule has 2 heterocycles. The Balaban J connectivity index is 2.23. The number of Topliss-reactive ketones (excluding diaryl/α,β-unsaturated/α-hetero) is 4. The van der Waals surface area contributed by atoms with Crippen molar-refractivity contribution >= 4 is 52.7 Å². The first kappa shape index (κ1) is 49.9. The molecule has 14 nitrogen and oxygen atoms in total. The minimum Gasteiger partial charge on any atom is -0.507 e. The summed E-state index contributed by atoms with van der Waals surface area (Å²) >= 11 is 0.657. The number of esters is 1. The molecule has 0 saturated heterocycles. The van der Waals surface area contributed by atoms with Crippen molar-refractivity contribution in [3.8, 4) is 5.75 Å². The standard InChI is InChI=1S/C46H56N2O12S/c1-23-13-11-10-12-14-26(4)45(58)48-38-42(56)32-20-29(7)41(55)37(36(32)43(57)44(38)61-22-33(46(59)60-9)47-30(8)49)40(54)28(6)19-27(5)39(53)25(3)16-18-31(50)17-15-24(2)35(52)21-34(23)51/h10-16,18-20,23,25,27,31,33-34,39,50-51,53,55H,17,21-22H2,1-9H3,(H,47,49)(H,48,58)/b12-10-,13-11-,18-16-,24-15-,26-14-,28-19-/t23-,25-,27-,31-,33-,34-,39-/m0/s1. The Morgan fingerprint density at radius 2 is 1.52 bits per heavy atom. The number of carbonyl (C=O) groups excluding carboxylic acids is 7. The van der Waals surface area contributed by atoms with Gasteiger partial charge in [0.05, 0.1) is 35.9 Å². The third kappa shape index (κ3) is 13.0. The van der Waals surface area contributed by atoms with Crippen molar-refractivity contribution in [2.45, 2.75) is 92.6 Å². The highest BCUT2D eigenvalue weighted by molar-refractivity contribution is 8.04. The van der Waals surface area contributed by atoms with E-state index in [0.717, 1.165) is 7.11 Å². The smallest absolute Gasteiger partial charge is 0.329 e. The van der Waals surface area contributed by atoms with Crippen molar-refractivity contribution in [3.63, 3.8) is 0 Å². The van der Waals surface area contributed by atoms with Crippen LogP contribution in [0.15, 0.2) is 88.1 Å². The molecule has 0 aromatic heterocycles. The third-order valence-electron chi connectivity index (χ3n) is 10.4. The topological polar surface area (TPSA) is 234 Å². The number of phenolic OH excluding ortho intramolecular Hbond substituents is 1. The predicted octanol–water partition coefficient (Wildman–Crippen LogP) is 4.86. The van der Waals surface area contributed by atoms with E-state index >= 15 is 0 Å². The number of aryl methyl sites for hydroxylation is 1. The van der Waals surface area contributed by atoms with E-state index in [1.807, 2.05) is 0 Å². The fourth-order valence-corrected chi connectivity index (χ4v) is 7.56. The zero-order valence-corrected chi connectivity index (χ0v) is 36.7. The van der Waals surface area contributed by atoms with Crippen LogP contribution in [0.5, 0.6) is 5.75 Å². The molecule has 2 aliphatic heterocycles. The minimum atomic E-state index is -1.29. The van der Waals surface area contributed by atoms with Gasteiger partial charge in [0, 0.05) is 53.6 Å². The number of benzene rings is 1. The Bertz CT molecular complexity index is 2160. The first-order chi connectivity index (χ1) is 28.6. The molecule has 2 amide bonds. The fourth-order valence-electron chi connectivity index (χ4n) is 6.49. The molecule has 61 heavy (non-hydrogen) atoms. The second-order valence-corrected chi connectivity index (χ2v) is 16.4. The molecule has 0 saturated carbocycles. The Kier molecular flexibility index (Phi) is 18.3. The molecular weight excluding hydrogens is 805 g/mol. The van der Waals surface area contributed by atoms with Crippen molar-refractivity contribution in [1.82, 2.24) is 10.6 Å². The summed E-state index contributed by atoms with van der Waals surface area (Å²) in [5.41, 5.74) is -1.05. The SMILES string of the molecule is COC(=O)[C@H](CSC1=C2NC(=O)\C(C)=C/C=C\C=C/[C@H](C)[C@@H](O)CC(=O)/C(C)=C\C[C@H](O)/C=C\[C@H](C)[C@H](O)[C@@H](C)/C=C(/C)C(=O)c3c(O)c(C)cc(c3C1=O)C2=O)NC(C)=O. The fraction of sp³-hybridized carbons (Fsp3) is 0.413. The van der Waals surface area contributed by atoms with Gasteiger partial charge in [0.2, 0.25) is 17.5 Å². The lowest BCUT2D eigenvalue weighted by atomic mass is 9.83. The van der Waals surface area contributed by atoms with Crippen LogP contribution in [-0.4, -0.2) is 98.6 Å². The summed E-state index contributed by atoms with van der Waals surface area (Å²) in [6.45, 7) is 12.2. The van der Waals surface area contributed by atoms with Crippen LogP contribution in [0.2, 0.25) is 0 Å². The number of aliphatic hydroxyl groups excluding tert-OH is 3. The summed E-state index contributed by atoms with van der Waals surface area (Å²) in [6.07, 6.45) is 10.9. The number of ether oxygens (including phenoxy) is 1. The predicted molar refractivity (Wildman–Crippen MR) is 232 cm³/mol. The summed E-state index contributed by atoms with van der Waals surface area (Å²) in [5.74, 6) is -7.66. The highest BCUT2D eigenvalue weighted by Crippen LogP contribution is 2.40. The Labute approximate surface area is 360 Å². The molecule has 4 rings (SSSR count). The quantitative estimate of drug-likeness (QED) is 0.172. The second kappa shape index (κ2) is 22.4. The van der Waals surface area contributed by atoms with Crippen molar-refractivity contribution < 1.29 is 58.7 Å². The van der Waals surface area contributed by atoms with Crippen molar-refractivity contribution in [1.29, 1.82) is 0 Å². The maximum atomic E-state index is 14.6. The van der Waals surface area contributed by atoms with Gasteiger partial charge in [0.1, 0.15) is 17.5 Å². The number of nitrogens with one attached hydrogen (secondary N) is 2. The van der Waals surface area contributed by atoms with E-state index in [9.17, 15) is 54.0 Å². The van der Waals surface area contributed by atoms with Gasteiger partial charge in [-0.2, -0.15) is 0 Å². The molecule has 1 aliphatic carbocycles. The molecule has 1 aromatic rings. The van der Waals surface area contributed by atoms with Gasteiger partial charge >= 0.3 is 5.97 Å². The van der Waals surface area contributed by atoms with E-state index in [1.54, 1.807) is 58.1 Å². The summed E-state index contributed by atoms with van der Waals surface area (Å²) in [7, 11) is 1.10. The van der Waals surface area contributed by atoms with Crippen LogP contribution in [0, 0.1) is 24.7 Å². The van der Waals surface area contributed by atoms with Gasteiger partial charge in [-0.15, -0.1) is 11.8 Å². The zero-order valence-electron chi connectivity index (χ0n) is 35.9. The second-order valence-electron chi connectivity index (χ2n) is 15.4. The minimum absolute atomic E-state index is 0.0252. The number of hydrogen-bond acceptors (Lipinski definition) is 13. The van der Waals surface area contributed by atoms with Crippen LogP contribution < -0.4 is 10.6 Å². The van der Waals surface area contributed by atoms with Crippen molar-refractivity contribution in [2.24, 2.45) is 17.8 Å². The average molecular weight is 861 g/mol. The van der Waals surface area contributed by atoms with E-state index in [-0.39, 0.29) is 51.6 Å². The number of allylic oxidation sites excluding steroid dienone is 8. The van der Waals surface area contributed by atoms with Crippen LogP contribution in [0.1, 0.15) is 97.9 Å². The number of thioether (sulfide) groups is 1. The number of aromatic hydroxyl groups is 1. The first-order valence-corrected chi connectivity index (χ1v) is 20.8. The van der Waals surface area contributed by atoms with Crippen LogP contribution in [0.25, 0.3) is 0 Å². The third-order valence-corrected chi connectivity index (χ3v) is 11.6. The molecule has 4 bridgehead atoms. The molecule has 6 N–H and O–H groups in total. The molecule has 328 valence electrons. The van der Waals surface area contributed by atoms with Gasteiger partial charge < -0.3 is 35.8 Å². The van der Waals surface area contributed by atoms with E-state index in [2.05, 4.69) is 10.6 Å². The van der Waals surface area contributed by atoms with Gasteiger partial charge in [-0.3, -0.25) is 28.8 Å². The number of aliphatic hydroxyl groups is 3.